The van der Waals surface area contributed by atoms with Crippen molar-refractivity contribution in [2.75, 3.05) is 25.2 Å². The molecule has 0 aliphatic carbocycles. The summed E-state index contributed by atoms with van der Waals surface area (Å²) in [7, 11) is 1.67. The zero-order valence-electron chi connectivity index (χ0n) is 10.9. The molecular formula is C15H18N2O2. The van der Waals surface area contributed by atoms with Gasteiger partial charge in [0.25, 0.3) is 0 Å². The van der Waals surface area contributed by atoms with E-state index in [9.17, 15) is 5.11 Å². The second-order valence-corrected chi connectivity index (χ2v) is 4.44. The van der Waals surface area contributed by atoms with Gasteiger partial charge in [-0.15, -0.1) is 0 Å². The predicted molar refractivity (Wildman–Crippen MR) is 77.9 cm³/mol. The number of phenols is 1. The van der Waals surface area contributed by atoms with Crippen molar-refractivity contribution in [1.82, 2.24) is 0 Å². The van der Waals surface area contributed by atoms with Crippen LogP contribution in [0.3, 0.4) is 0 Å². The average Bonchev–Trinajstić information content (AvgIpc) is 2.41. The highest BCUT2D eigenvalue weighted by Gasteiger charge is 2.08. The highest BCUT2D eigenvalue weighted by atomic mass is 16.5. The van der Waals surface area contributed by atoms with Gasteiger partial charge in [-0.25, -0.2) is 0 Å². The molecule has 0 saturated heterocycles. The second-order valence-electron chi connectivity index (χ2n) is 4.44. The summed E-state index contributed by atoms with van der Waals surface area (Å²) in [6, 6.07) is 10.8. The number of phenolic OH excluding ortho intramolecular Hbond substituents is 1. The summed E-state index contributed by atoms with van der Waals surface area (Å²) in [4.78, 5) is 0. The molecule has 0 atom stereocenters. The van der Waals surface area contributed by atoms with Crippen molar-refractivity contribution >= 4 is 11.4 Å². The van der Waals surface area contributed by atoms with Crippen LogP contribution in [0.25, 0.3) is 11.1 Å². The molecule has 0 aliphatic heterocycles. The molecule has 0 aliphatic rings. The molecule has 2 aromatic rings. The molecule has 4 nitrogen and oxygen atoms in total. The van der Waals surface area contributed by atoms with Crippen LogP contribution in [0.2, 0.25) is 0 Å². The van der Waals surface area contributed by atoms with Crippen molar-refractivity contribution < 1.29 is 9.84 Å². The highest BCUT2D eigenvalue weighted by Crippen LogP contribution is 2.32. The van der Waals surface area contributed by atoms with Crippen LogP contribution in [0, 0.1) is 0 Å². The number of anilines is 2. The van der Waals surface area contributed by atoms with Crippen LogP contribution in [-0.2, 0) is 11.2 Å². The smallest absolute Gasteiger partial charge is 0.115 e. The van der Waals surface area contributed by atoms with Gasteiger partial charge in [-0.3, -0.25) is 0 Å². The standard InChI is InChI=1S/C15H18N2O2/c1-19-7-6-10-8-13(15(17)14(16)9-10)11-2-4-12(18)5-3-11/h2-5,8-9,18H,6-7,16-17H2,1H3. The topological polar surface area (TPSA) is 81.5 Å². The molecule has 5 N–H and O–H groups in total. The Morgan fingerprint density at radius 2 is 1.79 bits per heavy atom. The first-order valence-corrected chi connectivity index (χ1v) is 6.08. The van der Waals surface area contributed by atoms with E-state index < -0.39 is 0 Å². The molecule has 4 heteroatoms. The van der Waals surface area contributed by atoms with Gasteiger partial charge in [0, 0.05) is 12.7 Å². The SMILES string of the molecule is COCCc1cc(N)c(N)c(-c2ccc(O)cc2)c1. The van der Waals surface area contributed by atoms with Crippen LogP contribution in [0.4, 0.5) is 11.4 Å². The van der Waals surface area contributed by atoms with Gasteiger partial charge in [0.15, 0.2) is 0 Å². The van der Waals surface area contributed by atoms with E-state index >= 15 is 0 Å². The lowest BCUT2D eigenvalue weighted by Crippen LogP contribution is -2.01. The Bertz CT molecular complexity index is 565. The van der Waals surface area contributed by atoms with E-state index in [1.807, 2.05) is 24.3 Å². The normalized spacial score (nSPS) is 10.6. The first-order chi connectivity index (χ1) is 9.11. The van der Waals surface area contributed by atoms with Crippen molar-refractivity contribution in [2.45, 2.75) is 6.42 Å². The zero-order valence-corrected chi connectivity index (χ0v) is 10.9. The molecule has 2 rings (SSSR count). The van der Waals surface area contributed by atoms with E-state index in [2.05, 4.69) is 0 Å². The van der Waals surface area contributed by atoms with E-state index in [1.165, 1.54) is 0 Å². The van der Waals surface area contributed by atoms with Crippen LogP contribution in [0.5, 0.6) is 5.75 Å². The minimum absolute atomic E-state index is 0.228. The zero-order chi connectivity index (χ0) is 13.8. The Morgan fingerprint density at radius 1 is 1.11 bits per heavy atom. The number of hydrogen-bond donors (Lipinski definition) is 3. The number of ether oxygens (including phenoxy) is 1. The molecule has 19 heavy (non-hydrogen) atoms. The molecule has 0 aromatic heterocycles. The predicted octanol–water partition coefficient (Wildman–Crippen LogP) is 2.41. The molecule has 0 heterocycles. The maximum absolute atomic E-state index is 9.33. The van der Waals surface area contributed by atoms with Crippen molar-refractivity contribution in [3.8, 4) is 16.9 Å². The lowest BCUT2D eigenvalue weighted by atomic mass is 9.98. The van der Waals surface area contributed by atoms with Gasteiger partial charge in [0.1, 0.15) is 5.75 Å². The summed E-state index contributed by atoms with van der Waals surface area (Å²) in [5, 5.41) is 9.33. The molecule has 0 unspecified atom stereocenters. The van der Waals surface area contributed by atoms with Crippen LogP contribution in [-0.4, -0.2) is 18.8 Å². The summed E-state index contributed by atoms with van der Waals surface area (Å²) >= 11 is 0. The average molecular weight is 258 g/mol. The molecule has 0 bridgehead atoms. The van der Waals surface area contributed by atoms with E-state index in [0.29, 0.717) is 18.0 Å². The first kappa shape index (κ1) is 13.2. The van der Waals surface area contributed by atoms with E-state index in [0.717, 1.165) is 23.1 Å². The lowest BCUT2D eigenvalue weighted by Gasteiger charge is -2.12. The van der Waals surface area contributed by atoms with E-state index in [-0.39, 0.29) is 5.75 Å². The summed E-state index contributed by atoms with van der Waals surface area (Å²) in [6.07, 6.45) is 0.784. The van der Waals surface area contributed by atoms with E-state index in [4.69, 9.17) is 16.2 Å². The van der Waals surface area contributed by atoms with Crippen LogP contribution in [0.15, 0.2) is 36.4 Å². The minimum atomic E-state index is 0.228. The van der Waals surface area contributed by atoms with Gasteiger partial charge in [-0.05, 0) is 41.8 Å². The lowest BCUT2D eigenvalue weighted by molar-refractivity contribution is 0.202. The third-order valence-electron chi connectivity index (χ3n) is 3.04. The van der Waals surface area contributed by atoms with Crippen LogP contribution in [0.1, 0.15) is 5.56 Å². The fourth-order valence-corrected chi connectivity index (χ4v) is 1.98. The fraction of sp³-hybridized carbons (Fsp3) is 0.200. The number of benzene rings is 2. The van der Waals surface area contributed by atoms with Gasteiger partial charge in [-0.1, -0.05) is 12.1 Å². The van der Waals surface area contributed by atoms with Gasteiger partial charge in [-0.2, -0.15) is 0 Å². The summed E-state index contributed by atoms with van der Waals surface area (Å²) in [6.45, 7) is 0.637. The number of nitrogens with two attached hydrogens (primary N) is 2. The number of rotatable bonds is 4. The number of nitrogen functional groups attached to an aromatic ring is 2. The number of methoxy groups -OCH3 is 1. The molecular weight excluding hydrogens is 240 g/mol. The second kappa shape index (κ2) is 5.63. The third-order valence-corrected chi connectivity index (χ3v) is 3.04. The molecule has 0 saturated carbocycles. The van der Waals surface area contributed by atoms with Gasteiger partial charge < -0.3 is 21.3 Å². The van der Waals surface area contributed by atoms with Crippen molar-refractivity contribution in [2.24, 2.45) is 0 Å². The Balaban J connectivity index is 2.43. The number of aromatic hydroxyl groups is 1. The monoisotopic (exact) mass is 258 g/mol. The van der Waals surface area contributed by atoms with E-state index in [1.54, 1.807) is 19.2 Å². The Morgan fingerprint density at radius 3 is 2.42 bits per heavy atom. The molecule has 2 aromatic carbocycles. The summed E-state index contributed by atoms with van der Waals surface area (Å²) in [5.41, 5.74) is 16.0. The summed E-state index contributed by atoms with van der Waals surface area (Å²) < 4.78 is 5.07. The van der Waals surface area contributed by atoms with Crippen LogP contribution >= 0.6 is 0 Å². The molecule has 0 fully saturated rings. The Kier molecular flexibility index (Phi) is 3.92. The molecule has 0 spiro atoms. The molecule has 100 valence electrons. The fourth-order valence-electron chi connectivity index (χ4n) is 1.98. The third kappa shape index (κ3) is 2.98. The molecule has 0 amide bonds. The minimum Gasteiger partial charge on any atom is -0.508 e. The highest BCUT2D eigenvalue weighted by molar-refractivity contribution is 5.85. The first-order valence-electron chi connectivity index (χ1n) is 6.08. The van der Waals surface area contributed by atoms with Gasteiger partial charge in [0.2, 0.25) is 0 Å². The van der Waals surface area contributed by atoms with Crippen molar-refractivity contribution in [1.29, 1.82) is 0 Å². The van der Waals surface area contributed by atoms with Crippen LogP contribution < -0.4 is 11.5 Å². The maximum atomic E-state index is 9.33. The number of hydrogen-bond acceptors (Lipinski definition) is 4. The quantitative estimate of drug-likeness (QED) is 0.735. The Labute approximate surface area is 112 Å². The maximum Gasteiger partial charge on any atom is 0.115 e. The largest absolute Gasteiger partial charge is 0.508 e. The van der Waals surface area contributed by atoms with Gasteiger partial charge >= 0.3 is 0 Å². The summed E-state index contributed by atoms with van der Waals surface area (Å²) in [5.74, 6) is 0.228. The molecule has 0 radical (unpaired) electrons. The Hall–Kier alpha value is -2.20. The van der Waals surface area contributed by atoms with Gasteiger partial charge in [0.05, 0.1) is 18.0 Å². The van der Waals surface area contributed by atoms with Crippen molar-refractivity contribution in [3.05, 3.63) is 42.0 Å². The van der Waals surface area contributed by atoms with Crippen molar-refractivity contribution in [3.63, 3.8) is 0 Å².